The van der Waals surface area contributed by atoms with E-state index in [9.17, 15) is 36.4 Å². The number of sulfone groups is 1. The van der Waals surface area contributed by atoms with Gasteiger partial charge in [-0.2, -0.15) is 13.2 Å². The van der Waals surface area contributed by atoms with Crippen molar-refractivity contribution in [3.8, 4) is 5.88 Å². The van der Waals surface area contributed by atoms with E-state index < -0.39 is 38.5 Å². The fourth-order valence-electron chi connectivity index (χ4n) is 6.11. The fraction of sp³-hybridized carbons (Fsp3) is 0.389. The number of para-hydroxylation sites is 1. The number of alkyl halides is 3. The van der Waals surface area contributed by atoms with E-state index in [1.54, 1.807) is 11.0 Å². The Morgan fingerprint density at radius 2 is 1.58 bits per heavy atom. The molecule has 0 aliphatic carbocycles. The number of carbonyl (C=O) groups is 2. The Bertz CT molecular complexity index is 2060. The second-order valence-corrected chi connectivity index (χ2v) is 15.5. The molecular weight excluding hydrogens is 768 g/mol. The number of fused-ring (bicyclic) bond motifs is 2. The molecule has 3 aromatic carbocycles. The van der Waals surface area contributed by atoms with Gasteiger partial charge in [-0.05, 0) is 60.3 Å². The topological polar surface area (TPSA) is 159 Å². The van der Waals surface area contributed by atoms with Crippen LogP contribution in [-0.4, -0.2) is 101 Å². The largest absolute Gasteiger partial charge is 0.463 e. The van der Waals surface area contributed by atoms with Crippen molar-refractivity contribution in [3.63, 3.8) is 0 Å². The van der Waals surface area contributed by atoms with Crippen LogP contribution in [0.3, 0.4) is 0 Å². The van der Waals surface area contributed by atoms with Crippen LogP contribution in [0.15, 0.2) is 97.1 Å². The lowest BCUT2D eigenvalue weighted by Gasteiger charge is -2.36. The third-order valence-corrected chi connectivity index (χ3v) is 11.7. The second-order valence-electron chi connectivity index (χ2n) is 12.5. The Labute approximate surface area is 319 Å². The number of amides is 1. The molecule has 0 N–H and O–H groups in total. The van der Waals surface area contributed by atoms with E-state index >= 15 is 0 Å². The molecule has 0 saturated carbocycles. The molecule has 0 atom stereocenters. The maximum atomic E-state index is 13.5. The maximum absolute atomic E-state index is 13.5. The molecule has 0 unspecified atom stereocenters. The monoisotopic (exact) mass is 805 g/mol. The minimum Gasteiger partial charge on any atom is -0.463 e. The molecule has 4 aromatic rings. The minimum atomic E-state index is -4.44. The number of piperazine rings is 1. The summed E-state index contributed by atoms with van der Waals surface area (Å²) >= 11 is 1.46. The highest BCUT2D eigenvalue weighted by Crippen LogP contribution is 2.49. The summed E-state index contributed by atoms with van der Waals surface area (Å²) in [7, 11) is -4.25. The summed E-state index contributed by atoms with van der Waals surface area (Å²) in [5, 5.41) is 14.5. The van der Waals surface area contributed by atoms with Crippen LogP contribution in [0.5, 0.6) is 5.88 Å². The smallest absolute Gasteiger partial charge is 0.416 e. The van der Waals surface area contributed by atoms with Gasteiger partial charge in [-0.3, -0.25) is 19.1 Å². The highest BCUT2D eigenvalue weighted by Gasteiger charge is 2.36. The van der Waals surface area contributed by atoms with Crippen molar-refractivity contribution >= 4 is 44.9 Å². The Morgan fingerprint density at radius 3 is 2.35 bits per heavy atom. The summed E-state index contributed by atoms with van der Waals surface area (Å²) < 4.78 is 86.4. The molecule has 14 nitrogen and oxygen atoms in total. The second kappa shape index (κ2) is 17.7. The quantitative estimate of drug-likeness (QED) is 0.0872. The van der Waals surface area contributed by atoms with Crippen molar-refractivity contribution in [1.82, 2.24) is 15.0 Å². The van der Waals surface area contributed by atoms with Crippen LogP contribution in [0.1, 0.15) is 24.8 Å². The van der Waals surface area contributed by atoms with Gasteiger partial charge in [-0.25, -0.2) is 8.42 Å². The number of benzene rings is 3. The van der Waals surface area contributed by atoms with E-state index in [2.05, 4.69) is 14.7 Å². The van der Waals surface area contributed by atoms with Crippen molar-refractivity contribution in [2.75, 3.05) is 70.6 Å². The molecule has 1 aromatic heterocycles. The van der Waals surface area contributed by atoms with Gasteiger partial charge >= 0.3 is 23.1 Å². The summed E-state index contributed by atoms with van der Waals surface area (Å²) in [5.41, 5.74) is 0.743. The number of ether oxygens (including phenoxy) is 3. The lowest BCUT2D eigenvalue weighted by atomic mass is 10.1. The molecule has 0 bridgehead atoms. The number of halogens is 3. The van der Waals surface area contributed by atoms with Crippen LogP contribution in [0.25, 0.3) is 0 Å². The average molecular weight is 806 g/mol. The third-order valence-electron chi connectivity index (χ3n) is 8.89. The first-order valence-electron chi connectivity index (χ1n) is 17.4. The van der Waals surface area contributed by atoms with Crippen LogP contribution >= 0.6 is 11.8 Å². The Kier molecular flexibility index (Phi) is 12.8. The first kappa shape index (κ1) is 39.8. The van der Waals surface area contributed by atoms with Crippen LogP contribution in [0, 0.1) is 5.21 Å². The zero-order valence-electron chi connectivity index (χ0n) is 29.5. The molecule has 3 heterocycles. The van der Waals surface area contributed by atoms with Gasteiger partial charge in [0.15, 0.2) is 0 Å². The number of anilines is 2. The molecular formula is C36H38F3N5O9S2. The molecule has 2 aliphatic rings. The van der Waals surface area contributed by atoms with E-state index in [4.69, 9.17) is 14.2 Å². The zero-order valence-corrected chi connectivity index (χ0v) is 31.1. The van der Waals surface area contributed by atoms with Gasteiger partial charge < -0.3 is 29.2 Å². The first-order valence-corrected chi connectivity index (χ1v) is 19.7. The normalized spacial score (nSPS) is 14.7. The molecule has 55 heavy (non-hydrogen) atoms. The Morgan fingerprint density at radius 1 is 0.873 bits per heavy atom. The lowest BCUT2D eigenvalue weighted by molar-refractivity contribution is -0.832. The summed E-state index contributed by atoms with van der Waals surface area (Å²) in [6, 6.07) is 18.8. The number of nitrogens with zero attached hydrogens (tertiary/aromatic N) is 5. The Balaban J connectivity index is 0.854. The van der Waals surface area contributed by atoms with E-state index in [1.807, 2.05) is 29.2 Å². The van der Waals surface area contributed by atoms with Crippen molar-refractivity contribution < 1.29 is 54.9 Å². The lowest BCUT2D eigenvalue weighted by Crippen LogP contribution is -2.49. The van der Waals surface area contributed by atoms with E-state index in [-0.39, 0.29) is 55.0 Å². The average Bonchev–Trinajstić information content (AvgIpc) is 3.56. The van der Waals surface area contributed by atoms with Crippen molar-refractivity contribution in [3.05, 3.63) is 83.6 Å². The van der Waals surface area contributed by atoms with Gasteiger partial charge in [0.05, 0.1) is 46.6 Å². The zero-order chi connectivity index (χ0) is 39.0. The molecule has 19 heteroatoms. The van der Waals surface area contributed by atoms with Crippen LogP contribution < -0.4 is 14.5 Å². The van der Waals surface area contributed by atoms with Gasteiger partial charge in [0.2, 0.25) is 5.91 Å². The first-order chi connectivity index (χ1) is 26.4. The summed E-state index contributed by atoms with van der Waals surface area (Å²) in [4.78, 5) is 32.3. The van der Waals surface area contributed by atoms with Crippen molar-refractivity contribution in [2.24, 2.45) is 0 Å². The molecule has 0 spiro atoms. The number of carbonyl (C=O) groups excluding carboxylic acids is 2. The fourth-order valence-corrected chi connectivity index (χ4v) is 8.48. The Hall–Kier alpha value is -4.85. The van der Waals surface area contributed by atoms with Crippen molar-refractivity contribution in [1.29, 1.82) is 0 Å². The van der Waals surface area contributed by atoms with Gasteiger partial charge in [0, 0.05) is 48.9 Å². The molecule has 0 radical (unpaired) electrons. The molecule has 1 saturated heterocycles. The summed E-state index contributed by atoms with van der Waals surface area (Å²) in [6.07, 6.45) is -3.85. The van der Waals surface area contributed by atoms with Gasteiger partial charge in [0.1, 0.15) is 13.2 Å². The predicted molar refractivity (Wildman–Crippen MR) is 191 cm³/mol. The van der Waals surface area contributed by atoms with E-state index in [0.717, 1.165) is 21.5 Å². The van der Waals surface area contributed by atoms with E-state index in [0.29, 0.717) is 51.4 Å². The number of hydrogen-bond acceptors (Lipinski definition) is 13. The standard InChI is InChI=1S/C36H38F3N5O9S2/c37-36(38,39)26-11-12-31-29(25-26)43(28-9-4-5-10-30(28)54-31)16-6-15-41-17-19-42(20-18-41)32(45)13-14-33(46)51-23-21-50-22-24-52-34-35(44(47)53-40-34)55(48,49)27-7-2-1-3-8-27/h1-5,7-12,25H,6,13-24H2. The van der Waals surface area contributed by atoms with Crippen molar-refractivity contribution in [2.45, 2.75) is 45.2 Å². The van der Waals surface area contributed by atoms with Gasteiger partial charge in [0.25, 0.3) is 9.84 Å². The molecule has 1 fully saturated rings. The molecule has 1 amide bonds. The SMILES string of the molecule is O=C(CCC(=O)N1CCN(CCCN2c3ccccc3Sc3ccc(C(F)(F)F)cc32)CC1)OCCOCCOc1no[n+]([O-])c1S(=O)(=O)c1ccccc1. The highest BCUT2D eigenvalue weighted by molar-refractivity contribution is 7.99. The minimum absolute atomic E-state index is 0.00485. The number of hydrogen-bond donors (Lipinski definition) is 0. The van der Waals surface area contributed by atoms with Crippen LogP contribution in [-0.2, 0) is 35.1 Å². The molecule has 294 valence electrons. The molecule has 2 aliphatic heterocycles. The maximum Gasteiger partial charge on any atom is 0.416 e. The molecule has 6 rings (SSSR count). The number of esters is 1. The van der Waals surface area contributed by atoms with Crippen LogP contribution in [0.4, 0.5) is 24.5 Å². The van der Waals surface area contributed by atoms with Gasteiger partial charge in [-0.15, -0.1) is 0 Å². The summed E-state index contributed by atoms with van der Waals surface area (Å²) in [6.45, 7) is 3.20. The third kappa shape index (κ3) is 9.88. The number of rotatable bonds is 16. The van der Waals surface area contributed by atoms with Crippen LogP contribution in [0.2, 0.25) is 0 Å². The number of aromatic nitrogens is 2. The van der Waals surface area contributed by atoms with E-state index in [1.165, 1.54) is 48.2 Å². The highest BCUT2D eigenvalue weighted by atomic mass is 32.2. The van der Waals surface area contributed by atoms with Gasteiger partial charge in [-0.1, -0.05) is 42.1 Å². The predicted octanol–water partition coefficient (Wildman–Crippen LogP) is 4.72. The summed E-state index contributed by atoms with van der Waals surface area (Å²) in [5.74, 6) is -1.24.